The van der Waals surface area contributed by atoms with Gasteiger partial charge in [0.05, 0.1) is 16.6 Å². The molecule has 0 aliphatic carbocycles. The second-order valence-electron chi connectivity index (χ2n) is 8.98. The van der Waals surface area contributed by atoms with Gasteiger partial charge >= 0.3 is 0 Å². The van der Waals surface area contributed by atoms with Crippen LogP contribution >= 0.6 is 15.9 Å². The van der Waals surface area contributed by atoms with Gasteiger partial charge in [0.2, 0.25) is 5.91 Å². The number of anilines is 1. The minimum atomic E-state index is -0.215. The first-order valence-corrected chi connectivity index (χ1v) is 12.0. The standard InChI is InChI=1S/C27H30BrN3O3/c1-27(2,3)21-12-13-24(22(28)16-21)34-15-7-11-25(32)31-23-10-5-4-8-19(23)18-30-26(33)20-9-6-14-29-17-20/h4-6,8-10,12-14,16-17H,7,11,15,18H2,1-3H3,(H,30,33)(H,31,32). The van der Waals surface area contributed by atoms with Gasteiger partial charge in [0.1, 0.15) is 5.75 Å². The van der Waals surface area contributed by atoms with E-state index in [9.17, 15) is 9.59 Å². The molecule has 0 saturated heterocycles. The Labute approximate surface area is 209 Å². The molecule has 0 radical (unpaired) electrons. The first-order valence-electron chi connectivity index (χ1n) is 11.2. The van der Waals surface area contributed by atoms with E-state index in [0.29, 0.717) is 37.2 Å². The Hall–Kier alpha value is -3.19. The van der Waals surface area contributed by atoms with E-state index in [4.69, 9.17) is 4.74 Å². The number of nitrogens with one attached hydrogen (secondary N) is 2. The first-order chi connectivity index (χ1) is 16.2. The van der Waals surface area contributed by atoms with Crippen LogP contribution in [0.2, 0.25) is 0 Å². The molecule has 0 bridgehead atoms. The minimum Gasteiger partial charge on any atom is -0.492 e. The number of aromatic nitrogens is 1. The number of carbonyl (C=O) groups excluding carboxylic acids is 2. The van der Waals surface area contributed by atoms with Gasteiger partial charge in [0, 0.05) is 31.0 Å². The Bertz CT molecular complexity index is 1130. The highest BCUT2D eigenvalue weighted by Crippen LogP contribution is 2.31. The molecule has 0 unspecified atom stereocenters. The molecular weight excluding hydrogens is 494 g/mol. The maximum atomic E-state index is 12.5. The van der Waals surface area contributed by atoms with Crippen LogP contribution in [0.3, 0.4) is 0 Å². The molecule has 0 fully saturated rings. The molecule has 1 aromatic heterocycles. The van der Waals surface area contributed by atoms with Crippen LogP contribution in [0.1, 0.15) is 55.1 Å². The van der Waals surface area contributed by atoms with Gasteiger partial charge in [-0.25, -0.2) is 0 Å². The van der Waals surface area contributed by atoms with E-state index in [-0.39, 0.29) is 17.2 Å². The molecule has 0 aliphatic heterocycles. The highest BCUT2D eigenvalue weighted by Gasteiger charge is 2.15. The lowest BCUT2D eigenvalue weighted by atomic mass is 9.87. The summed E-state index contributed by atoms with van der Waals surface area (Å²) in [5, 5.41) is 5.80. The third kappa shape index (κ3) is 7.42. The molecule has 0 spiro atoms. The maximum Gasteiger partial charge on any atom is 0.253 e. The average molecular weight is 524 g/mol. The van der Waals surface area contributed by atoms with Crippen LogP contribution < -0.4 is 15.4 Å². The number of rotatable bonds is 9. The van der Waals surface area contributed by atoms with E-state index in [1.54, 1.807) is 18.3 Å². The molecular formula is C27H30BrN3O3. The Morgan fingerprint density at radius 2 is 1.85 bits per heavy atom. The summed E-state index contributed by atoms with van der Waals surface area (Å²) in [5.74, 6) is 0.452. The lowest BCUT2D eigenvalue weighted by molar-refractivity contribution is -0.116. The number of benzene rings is 2. The van der Waals surface area contributed by atoms with Gasteiger partial charge in [-0.05, 0) is 69.2 Å². The zero-order chi connectivity index (χ0) is 24.6. The molecule has 2 amide bonds. The summed E-state index contributed by atoms with van der Waals surface area (Å²) in [6.07, 6.45) is 4.05. The van der Waals surface area contributed by atoms with Crippen LogP contribution in [-0.2, 0) is 16.8 Å². The van der Waals surface area contributed by atoms with Crippen molar-refractivity contribution in [1.29, 1.82) is 0 Å². The third-order valence-corrected chi connectivity index (χ3v) is 5.88. The minimum absolute atomic E-state index is 0.0665. The smallest absolute Gasteiger partial charge is 0.253 e. The fourth-order valence-electron chi connectivity index (χ4n) is 3.28. The summed E-state index contributed by atoms with van der Waals surface area (Å²) >= 11 is 3.57. The summed E-state index contributed by atoms with van der Waals surface area (Å²) in [4.78, 5) is 28.7. The Morgan fingerprint density at radius 1 is 1.06 bits per heavy atom. The molecule has 3 aromatic rings. The molecule has 7 heteroatoms. The molecule has 34 heavy (non-hydrogen) atoms. The fraction of sp³-hybridized carbons (Fsp3) is 0.296. The summed E-state index contributed by atoms with van der Waals surface area (Å²) < 4.78 is 6.77. The second kappa shape index (κ2) is 11.8. The number of amides is 2. The topological polar surface area (TPSA) is 80.3 Å². The molecule has 6 nitrogen and oxygen atoms in total. The van der Waals surface area contributed by atoms with Crippen molar-refractivity contribution in [2.45, 2.75) is 45.6 Å². The molecule has 0 aliphatic rings. The van der Waals surface area contributed by atoms with Crippen molar-refractivity contribution >= 4 is 33.4 Å². The van der Waals surface area contributed by atoms with Crippen LogP contribution in [0.25, 0.3) is 0 Å². The van der Waals surface area contributed by atoms with Gasteiger partial charge in [0.25, 0.3) is 5.91 Å². The van der Waals surface area contributed by atoms with E-state index in [2.05, 4.69) is 64.5 Å². The fourth-order valence-corrected chi connectivity index (χ4v) is 3.78. The van der Waals surface area contributed by atoms with E-state index in [0.717, 1.165) is 15.8 Å². The number of ether oxygens (including phenoxy) is 1. The quantitative estimate of drug-likeness (QED) is 0.343. The van der Waals surface area contributed by atoms with Gasteiger partial charge in [-0.3, -0.25) is 14.6 Å². The van der Waals surface area contributed by atoms with Crippen molar-refractivity contribution in [2.24, 2.45) is 0 Å². The molecule has 0 atom stereocenters. The summed E-state index contributed by atoms with van der Waals surface area (Å²) in [5.41, 5.74) is 3.29. The van der Waals surface area contributed by atoms with Gasteiger partial charge < -0.3 is 15.4 Å². The number of pyridine rings is 1. The summed E-state index contributed by atoms with van der Waals surface area (Å²) in [6.45, 7) is 7.23. The van der Waals surface area contributed by atoms with Crippen molar-refractivity contribution in [3.05, 3.63) is 88.2 Å². The van der Waals surface area contributed by atoms with Crippen molar-refractivity contribution in [1.82, 2.24) is 10.3 Å². The Balaban J connectivity index is 1.47. The lowest BCUT2D eigenvalue weighted by Gasteiger charge is -2.20. The van der Waals surface area contributed by atoms with Gasteiger partial charge in [-0.15, -0.1) is 0 Å². The molecule has 0 saturated carbocycles. The first kappa shape index (κ1) is 25.4. The molecule has 1 heterocycles. The monoisotopic (exact) mass is 523 g/mol. The number of hydrogen-bond donors (Lipinski definition) is 2. The van der Waals surface area contributed by atoms with Crippen LogP contribution in [0, 0.1) is 0 Å². The van der Waals surface area contributed by atoms with E-state index >= 15 is 0 Å². The van der Waals surface area contributed by atoms with Gasteiger partial charge in [-0.2, -0.15) is 0 Å². The predicted octanol–water partition coefficient (Wildman–Crippen LogP) is 5.87. The van der Waals surface area contributed by atoms with E-state index in [1.165, 1.54) is 11.8 Å². The van der Waals surface area contributed by atoms with Crippen molar-refractivity contribution in [3.8, 4) is 5.75 Å². The number of hydrogen-bond acceptors (Lipinski definition) is 4. The van der Waals surface area contributed by atoms with E-state index in [1.807, 2.05) is 30.3 Å². The molecule has 3 rings (SSSR count). The number of carbonyl (C=O) groups is 2. The van der Waals surface area contributed by atoms with Crippen LogP contribution in [-0.4, -0.2) is 23.4 Å². The van der Waals surface area contributed by atoms with Crippen LogP contribution in [0.5, 0.6) is 5.75 Å². The zero-order valence-electron chi connectivity index (χ0n) is 19.7. The molecule has 178 valence electrons. The summed E-state index contributed by atoms with van der Waals surface area (Å²) in [6, 6.07) is 16.9. The zero-order valence-corrected chi connectivity index (χ0v) is 21.3. The van der Waals surface area contributed by atoms with Crippen LogP contribution in [0.15, 0.2) is 71.5 Å². The third-order valence-electron chi connectivity index (χ3n) is 5.26. The maximum absolute atomic E-state index is 12.5. The van der Waals surface area contributed by atoms with Gasteiger partial charge in [0.15, 0.2) is 0 Å². The van der Waals surface area contributed by atoms with Crippen molar-refractivity contribution < 1.29 is 14.3 Å². The summed E-state index contributed by atoms with van der Waals surface area (Å²) in [7, 11) is 0. The lowest BCUT2D eigenvalue weighted by Crippen LogP contribution is -2.24. The second-order valence-corrected chi connectivity index (χ2v) is 9.83. The molecule has 2 aromatic carbocycles. The SMILES string of the molecule is CC(C)(C)c1ccc(OCCCC(=O)Nc2ccccc2CNC(=O)c2cccnc2)c(Br)c1. The predicted molar refractivity (Wildman–Crippen MR) is 138 cm³/mol. The van der Waals surface area contributed by atoms with Crippen molar-refractivity contribution in [3.63, 3.8) is 0 Å². The number of halogens is 1. The Morgan fingerprint density at radius 3 is 2.56 bits per heavy atom. The Kier molecular flexibility index (Phi) is 8.82. The van der Waals surface area contributed by atoms with Crippen LogP contribution in [0.4, 0.5) is 5.69 Å². The number of para-hydroxylation sites is 1. The average Bonchev–Trinajstić information content (AvgIpc) is 2.81. The normalized spacial score (nSPS) is 11.1. The van der Waals surface area contributed by atoms with Gasteiger partial charge in [-0.1, -0.05) is 45.0 Å². The highest BCUT2D eigenvalue weighted by atomic mass is 79.9. The highest BCUT2D eigenvalue weighted by molar-refractivity contribution is 9.10. The van der Waals surface area contributed by atoms with Crippen molar-refractivity contribution in [2.75, 3.05) is 11.9 Å². The largest absolute Gasteiger partial charge is 0.492 e. The number of nitrogens with zero attached hydrogens (tertiary/aromatic N) is 1. The molecule has 2 N–H and O–H groups in total. The van der Waals surface area contributed by atoms with E-state index < -0.39 is 0 Å².